The van der Waals surface area contributed by atoms with Gasteiger partial charge in [-0.2, -0.15) is 0 Å². The Hall–Kier alpha value is -2.32. The van der Waals surface area contributed by atoms with Crippen LogP contribution in [0.25, 0.3) is 0 Å². The van der Waals surface area contributed by atoms with Gasteiger partial charge in [-0.15, -0.1) is 11.8 Å². The molecule has 1 aromatic carbocycles. The molecular weight excluding hydrogens is 496 g/mol. The van der Waals surface area contributed by atoms with E-state index in [2.05, 4.69) is 10.6 Å². The number of thioether (sulfide) groups is 1. The molecule has 7 nitrogen and oxygen atoms in total. The van der Waals surface area contributed by atoms with E-state index in [1.165, 1.54) is 0 Å². The number of hydrogen-bond acceptors (Lipinski definition) is 5. The summed E-state index contributed by atoms with van der Waals surface area (Å²) in [4.78, 5) is 44.1. The Balaban J connectivity index is 2.31. The number of hydrogen-bond donors (Lipinski definition) is 2. The standard InChI is InChI=1S/C30H48N4O3S/c1-20(2)23(18-21(3)27(36)34-16-17-38-19-34)33(10)28(37)25(29(4,5)6)32-26(35)24(31-9)30(7,8)22-14-12-11-13-15-22/h11-15,18,20,23-25,31H,16-17,19H2,1-10H3,(H,32,35)/b21-18+/t23?,24-,25-/m1/s1. The highest BCUT2D eigenvalue weighted by atomic mass is 32.2. The minimum Gasteiger partial charge on any atom is -0.342 e. The van der Waals surface area contributed by atoms with E-state index < -0.39 is 22.9 Å². The molecule has 2 N–H and O–H groups in total. The van der Waals surface area contributed by atoms with Crippen molar-refractivity contribution >= 4 is 29.5 Å². The second-order valence-corrected chi connectivity index (χ2v) is 13.3. The summed E-state index contributed by atoms with van der Waals surface area (Å²) in [6.45, 7) is 16.6. The first kappa shape index (κ1) is 31.9. The molecule has 0 aromatic heterocycles. The number of amides is 3. The number of benzene rings is 1. The van der Waals surface area contributed by atoms with Gasteiger partial charge in [0.05, 0.1) is 18.0 Å². The lowest BCUT2D eigenvalue weighted by Gasteiger charge is -2.40. The van der Waals surface area contributed by atoms with Crippen molar-refractivity contribution in [1.29, 1.82) is 0 Å². The molecule has 1 aromatic rings. The maximum absolute atomic E-state index is 14.0. The van der Waals surface area contributed by atoms with Crippen LogP contribution in [0.4, 0.5) is 0 Å². The molecule has 0 aliphatic carbocycles. The Morgan fingerprint density at radius 2 is 1.66 bits per heavy atom. The zero-order chi connectivity index (χ0) is 28.8. The summed E-state index contributed by atoms with van der Waals surface area (Å²) in [6.07, 6.45) is 1.91. The molecule has 3 amide bonds. The third kappa shape index (κ3) is 7.63. The average molecular weight is 545 g/mol. The Kier molecular flexibility index (Phi) is 11.0. The molecule has 2 rings (SSSR count). The summed E-state index contributed by atoms with van der Waals surface area (Å²) < 4.78 is 0. The molecule has 1 saturated heterocycles. The molecule has 0 bridgehead atoms. The fourth-order valence-electron chi connectivity index (χ4n) is 4.98. The second-order valence-electron chi connectivity index (χ2n) is 12.3. The molecule has 8 heteroatoms. The molecule has 0 radical (unpaired) electrons. The van der Waals surface area contributed by atoms with E-state index in [0.29, 0.717) is 11.4 Å². The number of carbonyl (C=O) groups is 3. The van der Waals surface area contributed by atoms with Gasteiger partial charge in [-0.05, 0) is 30.9 Å². The van der Waals surface area contributed by atoms with Gasteiger partial charge >= 0.3 is 0 Å². The summed E-state index contributed by atoms with van der Waals surface area (Å²) in [5.74, 6) is 1.35. The highest BCUT2D eigenvalue weighted by Gasteiger charge is 2.41. The lowest BCUT2D eigenvalue weighted by molar-refractivity contribution is -0.141. The minimum atomic E-state index is -0.747. The van der Waals surface area contributed by atoms with Gasteiger partial charge in [0.25, 0.3) is 0 Å². The van der Waals surface area contributed by atoms with E-state index in [1.807, 2.05) is 96.7 Å². The number of nitrogens with zero attached hydrogens (tertiary/aromatic N) is 2. The number of rotatable bonds is 10. The van der Waals surface area contributed by atoms with Crippen molar-refractivity contribution in [1.82, 2.24) is 20.4 Å². The lowest BCUT2D eigenvalue weighted by Crippen LogP contribution is -2.61. The quantitative estimate of drug-likeness (QED) is 0.435. The van der Waals surface area contributed by atoms with Crippen LogP contribution in [0.5, 0.6) is 0 Å². The first-order chi connectivity index (χ1) is 17.6. The first-order valence-corrected chi connectivity index (χ1v) is 14.6. The molecule has 1 aliphatic rings. The maximum Gasteiger partial charge on any atom is 0.249 e. The smallest absolute Gasteiger partial charge is 0.249 e. The van der Waals surface area contributed by atoms with Crippen molar-refractivity contribution < 1.29 is 14.4 Å². The van der Waals surface area contributed by atoms with Crippen LogP contribution < -0.4 is 10.6 Å². The van der Waals surface area contributed by atoms with Gasteiger partial charge in [0.2, 0.25) is 17.7 Å². The normalized spacial score (nSPS) is 17.2. The average Bonchev–Trinajstić information content (AvgIpc) is 3.39. The third-order valence-electron chi connectivity index (χ3n) is 7.47. The summed E-state index contributed by atoms with van der Waals surface area (Å²) >= 11 is 1.75. The zero-order valence-electron chi connectivity index (χ0n) is 24.9. The van der Waals surface area contributed by atoms with E-state index >= 15 is 0 Å². The minimum absolute atomic E-state index is 0.0159. The van der Waals surface area contributed by atoms with E-state index in [1.54, 1.807) is 30.8 Å². The lowest BCUT2D eigenvalue weighted by atomic mass is 9.76. The van der Waals surface area contributed by atoms with Crippen LogP contribution >= 0.6 is 11.8 Å². The highest BCUT2D eigenvalue weighted by molar-refractivity contribution is 7.99. The van der Waals surface area contributed by atoms with Gasteiger partial charge in [-0.3, -0.25) is 14.4 Å². The molecule has 38 heavy (non-hydrogen) atoms. The fourth-order valence-corrected chi connectivity index (χ4v) is 5.93. The van der Waals surface area contributed by atoms with E-state index in [9.17, 15) is 14.4 Å². The van der Waals surface area contributed by atoms with Crippen LogP contribution in [0.2, 0.25) is 0 Å². The summed E-state index contributed by atoms with van der Waals surface area (Å²) in [5.41, 5.74) is 0.638. The Morgan fingerprint density at radius 1 is 1.05 bits per heavy atom. The van der Waals surface area contributed by atoms with Gasteiger partial charge in [-0.25, -0.2) is 0 Å². The van der Waals surface area contributed by atoms with Crippen molar-refractivity contribution in [3.05, 3.63) is 47.5 Å². The molecule has 212 valence electrons. The maximum atomic E-state index is 14.0. The van der Waals surface area contributed by atoms with Crippen LogP contribution in [-0.4, -0.2) is 77.9 Å². The number of carbonyl (C=O) groups excluding carboxylic acids is 3. The first-order valence-electron chi connectivity index (χ1n) is 13.5. The topological polar surface area (TPSA) is 81.8 Å². The molecule has 3 atom stereocenters. The van der Waals surface area contributed by atoms with Crippen molar-refractivity contribution in [2.24, 2.45) is 11.3 Å². The summed E-state index contributed by atoms with van der Waals surface area (Å²) in [6, 6.07) is 8.33. The fraction of sp³-hybridized carbons (Fsp3) is 0.633. The van der Waals surface area contributed by atoms with E-state index in [4.69, 9.17) is 0 Å². The summed E-state index contributed by atoms with van der Waals surface area (Å²) in [5, 5.41) is 6.27. The van der Waals surface area contributed by atoms with Crippen molar-refractivity contribution in [3.63, 3.8) is 0 Å². The van der Waals surface area contributed by atoms with E-state index in [0.717, 1.165) is 17.9 Å². The van der Waals surface area contributed by atoms with Crippen LogP contribution in [0.1, 0.15) is 61.0 Å². The Morgan fingerprint density at radius 3 is 2.13 bits per heavy atom. The Bertz CT molecular complexity index is 995. The number of likely N-dealkylation sites (N-methyl/N-ethyl adjacent to an activating group) is 2. The molecule has 0 spiro atoms. The largest absolute Gasteiger partial charge is 0.342 e. The van der Waals surface area contributed by atoms with Gasteiger partial charge in [0, 0.05) is 30.3 Å². The van der Waals surface area contributed by atoms with Gasteiger partial charge in [0.15, 0.2) is 0 Å². The number of nitrogens with one attached hydrogen (secondary N) is 2. The van der Waals surface area contributed by atoms with Crippen molar-refractivity contribution in [3.8, 4) is 0 Å². The zero-order valence-corrected chi connectivity index (χ0v) is 25.7. The molecule has 1 aliphatic heterocycles. The monoisotopic (exact) mass is 544 g/mol. The third-order valence-corrected chi connectivity index (χ3v) is 8.43. The predicted octanol–water partition coefficient (Wildman–Crippen LogP) is 4.05. The second kappa shape index (κ2) is 13.2. The van der Waals surface area contributed by atoms with Crippen molar-refractivity contribution in [2.75, 3.05) is 32.3 Å². The van der Waals surface area contributed by atoms with E-state index in [-0.39, 0.29) is 29.7 Å². The van der Waals surface area contributed by atoms with Gasteiger partial charge in [0.1, 0.15) is 6.04 Å². The highest BCUT2D eigenvalue weighted by Crippen LogP contribution is 2.29. The molecule has 0 saturated carbocycles. The Labute approximate surface area is 234 Å². The molecular formula is C30H48N4O3S. The summed E-state index contributed by atoms with van der Waals surface area (Å²) in [7, 11) is 3.54. The molecule has 1 fully saturated rings. The van der Waals surface area contributed by atoms with Crippen molar-refractivity contribution in [2.45, 2.75) is 78.9 Å². The molecule has 1 unspecified atom stereocenters. The predicted molar refractivity (Wildman–Crippen MR) is 158 cm³/mol. The SMILES string of the molecule is CN[C@H](C(=O)N[C@H](C(=O)N(C)C(/C=C(\C)C(=O)N1CCSC1)C(C)C)C(C)(C)C)C(C)(C)c1ccccc1. The molecule has 1 heterocycles. The van der Waals surface area contributed by atoms with Crippen LogP contribution in [0.15, 0.2) is 42.0 Å². The van der Waals surface area contributed by atoms with Crippen LogP contribution in [-0.2, 0) is 19.8 Å². The van der Waals surface area contributed by atoms with Crippen LogP contribution in [0.3, 0.4) is 0 Å². The van der Waals surface area contributed by atoms with Crippen LogP contribution in [0, 0.1) is 11.3 Å². The van der Waals surface area contributed by atoms with Gasteiger partial charge in [-0.1, -0.05) is 84.9 Å². The van der Waals surface area contributed by atoms with Gasteiger partial charge < -0.3 is 20.4 Å².